The molecule has 0 aromatic rings. The second-order valence-corrected chi connectivity index (χ2v) is 4.23. The normalized spacial score (nSPS) is 16.7. The summed E-state index contributed by atoms with van der Waals surface area (Å²) >= 11 is 3.01. The van der Waals surface area contributed by atoms with Gasteiger partial charge < -0.3 is 0 Å². The maximum atomic E-state index is 7.50. The third-order valence-electron chi connectivity index (χ3n) is 2.57. The molecular formula is C15H16CrO6. The molecule has 7 heteroatoms. The zero-order valence-corrected chi connectivity index (χ0v) is 13.8. The van der Waals surface area contributed by atoms with Crippen LogP contribution in [0.4, 0.5) is 0 Å². The fraction of sp³-hybridized carbons (Fsp3) is 0.467. The Morgan fingerprint density at radius 3 is 1.73 bits per heavy atom. The first-order chi connectivity index (χ1) is 10.6. The molecule has 0 N–H and O–H groups in total. The summed E-state index contributed by atoms with van der Waals surface area (Å²) in [5, 5.41) is 0. The molecule has 1 aliphatic carbocycles. The van der Waals surface area contributed by atoms with Crippen molar-refractivity contribution >= 4 is 4.57 Å². The molecule has 0 bridgehead atoms. The van der Waals surface area contributed by atoms with Gasteiger partial charge in [0.15, 0.2) is 0 Å². The van der Waals surface area contributed by atoms with Gasteiger partial charge >= 0.3 is 139 Å². The summed E-state index contributed by atoms with van der Waals surface area (Å²) in [5.74, 6) is 1.30. The van der Waals surface area contributed by atoms with Crippen LogP contribution in [0.2, 0.25) is 0 Å². The molecule has 0 saturated carbocycles. The van der Waals surface area contributed by atoms with Crippen LogP contribution in [0.5, 0.6) is 0 Å². The van der Waals surface area contributed by atoms with Crippen LogP contribution in [-0.4, -0.2) is 11.7 Å². The van der Waals surface area contributed by atoms with E-state index in [4.69, 9.17) is 28.0 Å². The average Bonchev–Trinajstić information content (AvgIpc) is 2.65. The van der Waals surface area contributed by atoms with E-state index >= 15 is 0 Å². The molecule has 0 aromatic heterocycles. The van der Waals surface area contributed by atoms with E-state index < -0.39 is 0 Å². The van der Waals surface area contributed by atoms with E-state index in [2.05, 4.69) is 69.0 Å². The van der Waals surface area contributed by atoms with Gasteiger partial charge in [-0.3, -0.25) is 0 Å². The summed E-state index contributed by atoms with van der Waals surface area (Å²) < 4.78 is 43.8. The fourth-order valence-corrected chi connectivity index (χ4v) is 2.14. The second kappa shape index (κ2) is 32.0. The molecule has 22 heavy (non-hydrogen) atoms. The quantitative estimate of drug-likeness (QED) is 0.427. The predicted molar refractivity (Wildman–Crippen MR) is 67.3 cm³/mol. The van der Waals surface area contributed by atoms with Gasteiger partial charge in [0, 0.05) is 0 Å². The monoisotopic (exact) mass is 344 g/mol. The molecule has 2 atom stereocenters. The van der Waals surface area contributed by atoms with Crippen LogP contribution < -0.4 is 0 Å². The minimum atomic E-state index is 0.583. The van der Waals surface area contributed by atoms with Gasteiger partial charge in [-0.05, 0) is 0 Å². The van der Waals surface area contributed by atoms with Crippen molar-refractivity contribution in [1.82, 2.24) is 0 Å². The maximum absolute atomic E-state index is 7.50. The number of rotatable bonds is 2. The van der Waals surface area contributed by atoms with Gasteiger partial charge in [0.05, 0.1) is 0 Å². The molecule has 118 valence electrons. The molecule has 0 amide bonds. The van der Waals surface area contributed by atoms with E-state index in [9.17, 15) is 0 Å². The van der Waals surface area contributed by atoms with E-state index in [0.29, 0.717) is 11.8 Å². The van der Waals surface area contributed by atoms with Gasteiger partial charge in [0.25, 0.3) is 0 Å². The summed E-state index contributed by atoms with van der Waals surface area (Å²) in [5.41, 5.74) is 1.49. The van der Waals surface area contributed by atoms with E-state index in [0.717, 1.165) is 11.0 Å². The van der Waals surface area contributed by atoms with Crippen molar-refractivity contribution in [3.05, 3.63) is 44.9 Å². The molecule has 0 radical (unpaired) electrons. The first-order valence-corrected chi connectivity index (χ1v) is 6.04. The van der Waals surface area contributed by atoms with Gasteiger partial charge in [-0.1, -0.05) is 0 Å². The van der Waals surface area contributed by atoms with Gasteiger partial charge in [-0.25, -0.2) is 0 Å². The van der Waals surface area contributed by atoms with Gasteiger partial charge in [0.1, 0.15) is 0 Å². The van der Waals surface area contributed by atoms with E-state index in [-0.39, 0.29) is 0 Å². The molecule has 0 aliphatic heterocycles. The van der Waals surface area contributed by atoms with E-state index in [1.807, 2.05) is 0 Å². The standard InChI is InChI=1S/C10H16O.5CO.Cr/c1-8-4-5-9(2)10(6-8)7-11-3;5*1-2;/h4,9-10H,5-6H2,1-3H3;;;;;;/t9-,10+;;;;;;/m0....../s1. The van der Waals surface area contributed by atoms with Crippen molar-refractivity contribution in [2.75, 3.05) is 7.11 Å². The van der Waals surface area contributed by atoms with Crippen molar-refractivity contribution in [2.45, 2.75) is 26.7 Å². The Balaban J connectivity index is -0.0000000822. The summed E-state index contributed by atoms with van der Waals surface area (Å²) in [4.78, 5) is 0. The first-order valence-electron chi connectivity index (χ1n) is 5.40. The first kappa shape index (κ1) is 32.7. The number of methoxy groups -OCH3 is 1. The number of allylic oxidation sites excluding steroid dienone is 2. The minimum absolute atomic E-state index is 0.583. The molecule has 0 saturated heterocycles. The Hall–Kier alpha value is -1.20. The molecule has 1 rings (SSSR count). The Labute approximate surface area is 139 Å². The van der Waals surface area contributed by atoms with Crippen LogP contribution in [-0.2, 0) is 43.8 Å². The third-order valence-corrected chi connectivity index (χ3v) is 3.30. The molecule has 0 unspecified atom stereocenters. The predicted octanol–water partition coefficient (Wildman–Crippen LogP) is 2.11. The molecule has 6 nitrogen and oxygen atoms in total. The van der Waals surface area contributed by atoms with Crippen LogP contribution in [0.25, 0.3) is 0 Å². The Kier molecular flexibility index (Phi) is 47.4. The Morgan fingerprint density at radius 1 is 1.05 bits per heavy atom. The van der Waals surface area contributed by atoms with Crippen LogP contribution in [0.1, 0.15) is 26.7 Å². The van der Waals surface area contributed by atoms with Gasteiger partial charge in [-0.2, -0.15) is 0 Å². The molecule has 0 aromatic carbocycles. The topological polar surface area (TPSA) is 109 Å². The molecule has 1 aliphatic rings. The Morgan fingerprint density at radius 2 is 1.41 bits per heavy atom. The summed E-state index contributed by atoms with van der Waals surface area (Å²) in [6, 6.07) is 0. The molecule has 0 heterocycles. The zero-order valence-electron chi connectivity index (χ0n) is 12.5. The zero-order chi connectivity index (χ0) is 19.1. The van der Waals surface area contributed by atoms with E-state index in [1.54, 1.807) is 7.11 Å². The third kappa shape index (κ3) is 18.8. The van der Waals surface area contributed by atoms with Crippen LogP contribution in [0.3, 0.4) is 0 Å². The van der Waals surface area contributed by atoms with Crippen LogP contribution in [0.15, 0.2) is 11.6 Å². The van der Waals surface area contributed by atoms with Crippen LogP contribution in [0, 0.1) is 45.1 Å². The molecule has 0 fully saturated rings. The number of hydrogen-bond acceptors (Lipinski definition) is 1. The summed E-state index contributed by atoms with van der Waals surface area (Å²) in [7, 11) is 1.74. The number of hydrogen-bond donors (Lipinski definition) is 0. The SMILES string of the molecule is CO[C](=[Cr])[C@H]1CC(C)=CC[C@@H]1C.[C-]#[O+].[C-]#[O+].[C-]#[O+].[C-]#[O+].[C-]#[O+]. The van der Waals surface area contributed by atoms with Crippen molar-refractivity contribution in [2.24, 2.45) is 11.8 Å². The van der Waals surface area contributed by atoms with Gasteiger partial charge in [0.2, 0.25) is 0 Å². The summed E-state index contributed by atoms with van der Waals surface area (Å²) in [6.45, 7) is 27.0. The molecule has 0 spiro atoms. The van der Waals surface area contributed by atoms with Crippen LogP contribution >= 0.6 is 0 Å². The molecular weight excluding hydrogens is 328 g/mol. The Bertz CT molecular complexity index is 354. The van der Waals surface area contributed by atoms with E-state index in [1.165, 1.54) is 12.0 Å². The van der Waals surface area contributed by atoms with Crippen molar-refractivity contribution in [1.29, 1.82) is 0 Å². The second-order valence-electron chi connectivity index (χ2n) is 3.60. The van der Waals surface area contributed by atoms with Crippen molar-refractivity contribution < 1.29 is 43.8 Å². The van der Waals surface area contributed by atoms with Crippen molar-refractivity contribution in [3.63, 3.8) is 0 Å². The average molecular weight is 344 g/mol. The summed E-state index contributed by atoms with van der Waals surface area (Å²) in [6.07, 6.45) is 4.67. The van der Waals surface area contributed by atoms with Crippen molar-refractivity contribution in [3.8, 4) is 0 Å². The fourth-order valence-electron chi connectivity index (χ4n) is 1.65. The number of ether oxygens (including phenoxy) is 1. The van der Waals surface area contributed by atoms with Gasteiger partial charge in [-0.15, -0.1) is 0 Å².